The molecule has 48 heavy (non-hydrogen) atoms. The van der Waals surface area contributed by atoms with Gasteiger partial charge in [0.2, 0.25) is 5.95 Å². The van der Waals surface area contributed by atoms with E-state index in [1.54, 1.807) is 0 Å². The number of nitrogens with one attached hydrogen (secondary N) is 1. The van der Waals surface area contributed by atoms with Gasteiger partial charge >= 0.3 is 15.6 Å². The maximum absolute atomic E-state index is 13.4. The van der Waals surface area contributed by atoms with Gasteiger partial charge in [0.15, 0.2) is 35.1 Å². The van der Waals surface area contributed by atoms with Gasteiger partial charge in [0.05, 0.1) is 25.9 Å². The Bertz CT molecular complexity index is 2070. The Morgan fingerprint density at radius 2 is 1.60 bits per heavy atom. The highest BCUT2D eigenvalue weighted by atomic mass is 31.2. The molecule has 0 aliphatic carbocycles. The number of phosphoric ester groups is 2. The van der Waals surface area contributed by atoms with Crippen LogP contribution in [0.15, 0.2) is 23.8 Å². The third-order valence-electron chi connectivity index (χ3n) is 7.66. The van der Waals surface area contributed by atoms with Crippen molar-refractivity contribution in [3.8, 4) is 12.3 Å². The molecule has 4 aromatic heterocycles. The molecule has 0 aromatic carbocycles. The maximum atomic E-state index is 13.4. The minimum Gasteiger partial charge on any atom is -0.387 e. The number of aliphatic hydroxyl groups is 1. The van der Waals surface area contributed by atoms with Crippen molar-refractivity contribution in [2.24, 2.45) is 0 Å². The maximum Gasteiger partial charge on any atom is 0.472 e. The molecule has 0 radical (unpaired) electrons. The number of nitrogens with zero attached hydrogens (tertiary/aromatic N) is 7. The van der Waals surface area contributed by atoms with Crippen molar-refractivity contribution in [2.75, 3.05) is 31.3 Å². The average molecular weight is 712 g/mol. The average Bonchev–Trinajstić information content (AvgIpc) is 3.79. The summed E-state index contributed by atoms with van der Waals surface area (Å²) in [5, 5.41) is 11.1. The summed E-state index contributed by atoms with van der Waals surface area (Å²) >= 11 is 0. The molecule has 3 aliphatic rings. The molecule has 6 unspecified atom stereocenters. The van der Waals surface area contributed by atoms with Crippen LogP contribution in [-0.4, -0.2) is 110 Å². The summed E-state index contributed by atoms with van der Waals surface area (Å²) in [6.07, 6.45) is -2.90. The van der Waals surface area contributed by atoms with Gasteiger partial charge in [-0.3, -0.25) is 37.0 Å². The second kappa shape index (κ2) is 12.2. The summed E-state index contributed by atoms with van der Waals surface area (Å²) in [7, 11) is -10.2. The fraction of sp³-hybridized carbons (Fsp3) is 0.478. The van der Waals surface area contributed by atoms with E-state index in [-0.39, 0.29) is 40.7 Å². The first-order chi connectivity index (χ1) is 22.9. The Morgan fingerprint density at radius 3 is 2.33 bits per heavy atom. The van der Waals surface area contributed by atoms with Crippen LogP contribution in [0.5, 0.6) is 0 Å². The number of nitrogen functional groups attached to an aromatic ring is 2. The van der Waals surface area contributed by atoms with Crippen LogP contribution in [0.2, 0.25) is 0 Å². The number of H-pyrrole nitrogens is 1. The number of aromatic amines is 1. The van der Waals surface area contributed by atoms with Crippen LogP contribution in [0.25, 0.3) is 22.3 Å². The molecule has 10 atom stereocenters. The van der Waals surface area contributed by atoms with Gasteiger partial charge in [-0.1, -0.05) is 5.92 Å². The van der Waals surface area contributed by atoms with Crippen molar-refractivity contribution in [1.82, 2.24) is 39.0 Å². The molecule has 256 valence electrons. The predicted molar refractivity (Wildman–Crippen MR) is 156 cm³/mol. The summed E-state index contributed by atoms with van der Waals surface area (Å²) in [5.74, 6) is 2.06. The number of terminal acetylenes is 1. The standard InChI is InChI=1S/C23H26N10O13P2/c1-2-3-40-16-14-10(44-22(16)32-7-28-11-17(24)26-6-27-18(11)32)5-42-48(38,39)46-15-13(34)9(4-41-47(36,37)45-14)43-21(15)33-8-29-12-19(33)30-23(25)31-20(12)35/h1,6-10,13-16,21-22,34H,3-5H2,(H,36,37)(H,38,39)(H2,24,26,27)(H3,25,30,31,35)/t9-,10-,13?,14?,15?,16?,21-,22-/m1/s1. The van der Waals surface area contributed by atoms with Gasteiger partial charge in [-0.05, 0) is 0 Å². The first-order valence-corrected chi connectivity index (χ1v) is 16.9. The smallest absolute Gasteiger partial charge is 0.387 e. The lowest BCUT2D eigenvalue weighted by molar-refractivity contribution is -0.0682. The highest BCUT2D eigenvalue weighted by Gasteiger charge is 2.54. The van der Waals surface area contributed by atoms with Gasteiger partial charge in [0.25, 0.3) is 5.56 Å². The molecule has 3 aliphatic heterocycles. The molecule has 0 amide bonds. The van der Waals surface area contributed by atoms with Gasteiger partial charge in [0, 0.05) is 0 Å². The van der Waals surface area contributed by atoms with E-state index in [0.29, 0.717) is 0 Å². The SMILES string of the molecule is C#CCOC1C2OP(=O)(O)OC[C@H]3O[C@@H](n4cnc5c(=O)[nH]c(N)nc54)C(OP(=O)(O)OC[C@H]2O[C@H]1n1cnc2c(N)ncnc21)C3O. The number of hydrogen-bond acceptors (Lipinski definition) is 18. The Morgan fingerprint density at radius 1 is 0.958 bits per heavy atom. The van der Waals surface area contributed by atoms with E-state index >= 15 is 0 Å². The quantitative estimate of drug-likeness (QED) is 0.102. The zero-order valence-electron chi connectivity index (χ0n) is 24.2. The van der Waals surface area contributed by atoms with Crippen molar-refractivity contribution in [3.05, 3.63) is 29.3 Å². The first kappa shape index (κ1) is 32.7. The lowest BCUT2D eigenvalue weighted by atomic mass is 10.1. The number of nitrogens with two attached hydrogens (primary N) is 2. The Hall–Kier alpha value is -3.88. The molecular formula is C23H26N10O13P2. The largest absolute Gasteiger partial charge is 0.472 e. The summed E-state index contributed by atoms with van der Waals surface area (Å²) in [6, 6.07) is 0. The Balaban J connectivity index is 1.23. The van der Waals surface area contributed by atoms with E-state index in [0.717, 1.165) is 10.9 Å². The van der Waals surface area contributed by atoms with Gasteiger partial charge in [0.1, 0.15) is 55.1 Å². The number of anilines is 2. The molecule has 25 heteroatoms. The summed E-state index contributed by atoms with van der Waals surface area (Å²) < 4.78 is 68.3. The number of hydrogen-bond donors (Lipinski definition) is 6. The molecule has 2 bridgehead atoms. The zero-order chi connectivity index (χ0) is 34.0. The normalized spacial score (nSPS) is 35.9. The fourth-order valence-electron chi connectivity index (χ4n) is 5.60. The van der Waals surface area contributed by atoms with Crippen LogP contribution in [0, 0.1) is 12.3 Å². The Labute approximate surface area is 267 Å². The number of rotatable bonds is 4. The third kappa shape index (κ3) is 5.87. The van der Waals surface area contributed by atoms with Crippen LogP contribution < -0.4 is 17.0 Å². The van der Waals surface area contributed by atoms with Gasteiger partial charge < -0.3 is 40.6 Å². The van der Waals surface area contributed by atoms with Crippen LogP contribution >= 0.6 is 15.6 Å². The van der Waals surface area contributed by atoms with Gasteiger partial charge in [-0.15, -0.1) is 6.42 Å². The van der Waals surface area contributed by atoms with E-state index in [1.807, 2.05) is 0 Å². The lowest BCUT2D eigenvalue weighted by Gasteiger charge is -2.27. The molecule has 8 N–H and O–H groups in total. The number of aliphatic hydroxyl groups excluding tert-OH is 1. The molecular weight excluding hydrogens is 686 g/mol. The predicted octanol–water partition coefficient (Wildman–Crippen LogP) is -1.68. The molecule has 7 heterocycles. The van der Waals surface area contributed by atoms with Gasteiger partial charge in [-0.25, -0.2) is 29.1 Å². The molecule has 3 saturated heterocycles. The van der Waals surface area contributed by atoms with Crippen LogP contribution in [0.3, 0.4) is 0 Å². The summed E-state index contributed by atoms with van der Waals surface area (Å²) in [6.45, 7) is -1.92. The van der Waals surface area contributed by atoms with Crippen molar-refractivity contribution in [1.29, 1.82) is 0 Å². The van der Waals surface area contributed by atoms with Crippen LogP contribution in [0.4, 0.5) is 11.8 Å². The number of phosphoric acid groups is 2. The summed E-state index contributed by atoms with van der Waals surface area (Å²) in [4.78, 5) is 56.5. The number of aromatic nitrogens is 8. The van der Waals surface area contributed by atoms with E-state index in [4.69, 9.17) is 50.2 Å². The number of ether oxygens (including phenoxy) is 3. The van der Waals surface area contributed by atoms with Crippen molar-refractivity contribution in [3.63, 3.8) is 0 Å². The van der Waals surface area contributed by atoms with E-state index < -0.39 is 83.5 Å². The van der Waals surface area contributed by atoms with Crippen LogP contribution in [0.1, 0.15) is 12.5 Å². The van der Waals surface area contributed by atoms with Gasteiger partial charge in [-0.2, -0.15) is 4.98 Å². The highest BCUT2D eigenvalue weighted by molar-refractivity contribution is 7.47. The fourth-order valence-corrected chi connectivity index (χ4v) is 7.49. The van der Waals surface area contributed by atoms with Crippen molar-refractivity contribution in [2.45, 2.75) is 49.1 Å². The minimum absolute atomic E-state index is 0.0543. The monoisotopic (exact) mass is 712 g/mol. The molecule has 23 nitrogen and oxygen atoms in total. The summed E-state index contributed by atoms with van der Waals surface area (Å²) in [5.41, 5.74) is 11.0. The first-order valence-electron chi connectivity index (χ1n) is 13.9. The molecule has 0 saturated carbocycles. The second-order valence-electron chi connectivity index (χ2n) is 10.6. The van der Waals surface area contributed by atoms with Crippen molar-refractivity contribution < 1.29 is 56.3 Å². The second-order valence-corrected chi connectivity index (χ2v) is 13.4. The Kier molecular flexibility index (Phi) is 8.31. The highest BCUT2D eigenvalue weighted by Crippen LogP contribution is 2.54. The van der Waals surface area contributed by atoms with E-state index in [9.17, 15) is 28.8 Å². The third-order valence-corrected chi connectivity index (χ3v) is 9.63. The molecule has 0 spiro atoms. The topological polar surface area (TPSA) is 319 Å². The van der Waals surface area contributed by atoms with E-state index in [1.165, 1.54) is 17.2 Å². The lowest BCUT2D eigenvalue weighted by Crippen LogP contribution is -2.38. The zero-order valence-corrected chi connectivity index (χ0v) is 25.9. The molecule has 7 rings (SSSR count). The molecule has 4 aromatic rings. The molecule has 3 fully saturated rings. The van der Waals surface area contributed by atoms with Crippen molar-refractivity contribution >= 4 is 49.7 Å². The minimum atomic E-state index is -5.13. The number of imidazole rings is 2. The van der Waals surface area contributed by atoms with E-state index in [2.05, 4.69) is 35.8 Å². The van der Waals surface area contributed by atoms with Crippen LogP contribution in [-0.2, 0) is 41.4 Å². The number of fused-ring (bicyclic) bond motifs is 5.